The van der Waals surface area contributed by atoms with E-state index in [0.717, 1.165) is 45.5 Å². The van der Waals surface area contributed by atoms with Crippen LogP contribution in [0.3, 0.4) is 0 Å². The summed E-state index contributed by atoms with van der Waals surface area (Å²) in [5.41, 5.74) is 4.51. The van der Waals surface area contributed by atoms with Crippen LogP contribution in [0.2, 0.25) is 10.0 Å². The molecule has 4 aliphatic rings. The first-order valence-electron chi connectivity index (χ1n) is 19.9. The second kappa shape index (κ2) is 15.9. The van der Waals surface area contributed by atoms with Gasteiger partial charge in [0.25, 0.3) is 10.1 Å². The molecule has 4 aromatic heterocycles. The molecular weight excluding hydrogens is 851 g/mol. The van der Waals surface area contributed by atoms with Crippen molar-refractivity contribution < 1.29 is 44.7 Å². The number of benzene rings is 2. The van der Waals surface area contributed by atoms with Crippen LogP contribution in [0, 0.1) is 0 Å². The van der Waals surface area contributed by atoms with Gasteiger partial charge in [0.15, 0.2) is 0 Å². The van der Waals surface area contributed by atoms with E-state index in [0.29, 0.717) is 65.2 Å². The van der Waals surface area contributed by atoms with Crippen molar-refractivity contribution in [2.24, 2.45) is 0 Å². The molecule has 19 heteroatoms. The third-order valence-electron chi connectivity index (χ3n) is 12.0. The maximum absolute atomic E-state index is 13.7. The van der Waals surface area contributed by atoms with Crippen LogP contribution < -0.4 is 0 Å². The van der Waals surface area contributed by atoms with Crippen LogP contribution in [0.1, 0.15) is 86.9 Å². The van der Waals surface area contributed by atoms with Crippen LogP contribution >= 0.6 is 23.2 Å². The number of aliphatic hydroxyl groups excluding tert-OH is 1. The number of hydrogen-bond acceptors (Lipinski definition) is 10. The molecule has 0 spiro atoms. The maximum atomic E-state index is 13.7. The first-order valence-corrected chi connectivity index (χ1v) is 22.5. The Bertz CT molecular complexity index is 2700. The predicted molar refractivity (Wildman–Crippen MR) is 218 cm³/mol. The van der Waals surface area contributed by atoms with E-state index in [-0.39, 0.29) is 68.9 Å². The fraction of sp³-hybridized carbons (Fsp3) is 0.512. The van der Waals surface area contributed by atoms with Crippen LogP contribution in [0.15, 0.2) is 48.8 Å². The summed E-state index contributed by atoms with van der Waals surface area (Å²) in [7, 11) is -3.60. The van der Waals surface area contributed by atoms with Crippen molar-refractivity contribution in [1.82, 2.24) is 29.1 Å². The molecule has 10 rings (SSSR count). The molecular formula is C41H42Cl2F4N6O6S. The summed E-state index contributed by atoms with van der Waals surface area (Å²) < 4.78 is 97.9. The topological polar surface area (TPSA) is 143 Å². The quantitative estimate of drug-likeness (QED) is 0.116. The van der Waals surface area contributed by atoms with Gasteiger partial charge in [-0.15, -0.1) is 0 Å². The molecule has 2 saturated carbocycles. The number of halogens is 6. The van der Waals surface area contributed by atoms with Crippen molar-refractivity contribution in [2.75, 3.05) is 32.7 Å². The normalized spacial score (nSPS) is 24.7. The van der Waals surface area contributed by atoms with Crippen LogP contribution in [-0.2, 0) is 23.8 Å². The van der Waals surface area contributed by atoms with Gasteiger partial charge in [0, 0.05) is 83.6 Å². The summed E-state index contributed by atoms with van der Waals surface area (Å²) in [6.07, 6.45) is 5.26. The average Bonchev–Trinajstić information content (AvgIpc) is 3.78. The van der Waals surface area contributed by atoms with E-state index in [9.17, 15) is 31.1 Å². The van der Waals surface area contributed by atoms with Gasteiger partial charge in [-0.1, -0.05) is 23.2 Å². The summed E-state index contributed by atoms with van der Waals surface area (Å²) >= 11 is 12.5. The van der Waals surface area contributed by atoms with Crippen LogP contribution in [0.25, 0.3) is 43.9 Å². The van der Waals surface area contributed by atoms with Crippen molar-refractivity contribution in [3.05, 3.63) is 70.5 Å². The summed E-state index contributed by atoms with van der Waals surface area (Å²) in [6, 6.07) is 10.8. The zero-order valence-corrected chi connectivity index (χ0v) is 34.7. The minimum absolute atomic E-state index is 0.0182. The second-order valence-corrected chi connectivity index (χ2v) is 18.9. The molecule has 6 aromatic rings. The molecule has 6 heterocycles. The molecule has 0 radical (unpaired) electrons. The zero-order chi connectivity index (χ0) is 42.1. The Morgan fingerprint density at radius 2 is 1.20 bits per heavy atom. The summed E-state index contributed by atoms with van der Waals surface area (Å²) in [6.45, 7) is 0.757. The van der Waals surface area contributed by atoms with Crippen LogP contribution in [0.5, 0.6) is 0 Å². The summed E-state index contributed by atoms with van der Waals surface area (Å²) in [5, 5.41) is 12.4. The molecule has 0 unspecified atom stereocenters. The van der Waals surface area contributed by atoms with Crippen molar-refractivity contribution in [3.8, 4) is 0 Å². The van der Waals surface area contributed by atoms with Gasteiger partial charge in [-0.2, -0.15) is 8.42 Å². The lowest BCUT2D eigenvalue weighted by Crippen LogP contribution is -2.37. The number of nitrogens with zero attached hydrogens (tertiary/aromatic N) is 6. The highest BCUT2D eigenvalue weighted by Gasteiger charge is 2.50. The van der Waals surface area contributed by atoms with E-state index < -0.39 is 28.1 Å². The molecule has 2 aliphatic heterocycles. The van der Waals surface area contributed by atoms with Gasteiger partial charge in [0.05, 0.1) is 66.1 Å². The fourth-order valence-electron chi connectivity index (χ4n) is 9.17. The number of aromatic nitrogens is 6. The molecule has 4 fully saturated rings. The fourth-order valence-corrected chi connectivity index (χ4v) is 9.91. The van der Waals surface area contributed by atoms with E-state index in [1.807, 2.05) is 28.8 Å². The lowest BCUT2D eigenvalue weighted by atomic mass is 9.80. The largest absolute Gasteiger partial charge is 0.394 e. The number of hydrogen-bond donors (Lipinski definition) is 1. The standard InChI is InChI=1S/C21H22ClF2N3O4S.C20H20ClF2N3O2/c1-32(28,29)31-11-15-7-14(4-5-30-15)27-19-16-6-13(22)2-3-17(16)25-10-18(19)26-20(27)12-8-21(23,24)9-12;21-12-1-2-16-15(5-12)18-17(9-24-16)25-19(11-7-20(22,23)8-11)26(18)13-3-4-28-14(6-13)10-27/h2-3,6,10,12,14-15H,4-5,7-9,11H2,1H3;1-2,5,9,11,13-14,27H,3-4,6-8,10H2/t14-,15+;13-,14+/m11/s1. The minimum atomic E-state index is -3.60. The monoisotopic (exact) mass is 892 g/mol. The molecule has 0 bridgehead atoms. The lowest BCUT2D eigenvalue weighted by Gasteiger charge is -2.37. The number of alkyl halides is 4. The van der Waals surface area contributed by atoms with Gasteiger partial charge >= 0.3 is 0 Å². The number of aliphatic hydroxyl groups is 1. The highest BCUT2D eigenvalue weighted by Crippen LogP contribution is 2.51. The number of rotatable bonds is 8. The van der Waals surface area contributed by atoms with Gasteiger partial charge in [0.1, 0.15) is 22.7 Å². The highest BCUT2D eigenvalue weighted by molar-refractivity contribution is 7.85. The second-order valence-electron chi connectivity index (χ2n) is 16.4. The smallest absolute Gasteiger partial charge is 0.264 e. The third-order valence-corrected chi connectivity index (χ3v) is 13.0. The zero-order valence-electron chi connectivity index (χ0n) is 32.4. The van der Waals surface area contributed by atoms with Gasteiger partial charge < -0.3 is 23.7 Å². The van der Waals surface area contributed by atoms with E-state index in [4.69, 9.17) is 46.8 Å². The van der Waals surface area contributed by atoms with Gasteiger partial charge in [0.2, 0.25) is 11.8 Å². The Morgan fingerprint density at radius 1 is 0.750 bits per heavy atom. The molecule has 2 aliphatic carbocycles. The maximum Gasteiger partial charge on any atom is 0.264 e. The van der Waals surface area contributed by atoms with E-state index in [1.54, 1.807) is 24.5 Å². The lowest BCUT2D eigenvalue weighted by molar-refractivity contribution is -0.0905. The number of pyridine rings is 2. The predicted octanol–water partition coefficient (Wildman–Crippen LogP) is 8.91. The molecule has 0 amide bonds. The Labute approximate surface area is 352 Å². The van der Waals surface area contributed by atoms with Gasteiger partial charge in [-0.3, -0.25) is 14.2 Å². The van der Waals surface area contributed by atoms with Crippen molar-refractivity contribution in [2.45, 2.75) is 99.3 Å². The highest BCUT2D eigenvalue weighted by atomic mass is 35.5. The Balaban J connectivity index is 0.000000155. The molecule has 12 nitrogen and oxygen atoms in total. The average molecular weight is 894 g/mol. The first-order chi connectivity index (χ1) is 28.5. The van der Waals surface area contributed by atoms with Gasteiger partial charge in [-0.25, -0.2) is 27.5 Å². The Kier molecular flexibility index (Phi) is 11.0. The van der Waals surface area contributed by atoms with E-state index in [1.165, 1.54) is 0 Å². The first kappa shape index (κ1) is 41.6. The Hall–Kier alpha value is -3.71. The number of ether oxygens (including phenoxy) is 2. The molecule has 320 valence electrons. The summed E-state index contributed by atoms with van der Waals surface area (Å²) in [5.74, 6) is -4.67. The van der Waals surface area contributed by atoms with Crippen molar-refractivity contribution in [3.63, 3.8) is 0 Å². The third kappa shape index (κ3) is 8.30. The molecule has 1 N–H and O–H groups in total. The minimum Gasteiger partial charge on any atom is -0.394 e. The molecule has 4 atom stereocenters. The van der Waals surface area contributed by atoms with E-state index >= 15 is 0 Å². The van der Waals surface area contributed by atoms with Crippen molar-refractivity contribution in [1.29, 1.82) is 0 Å². The molecule has 2 aromatic carbocycles. The number of imidazole rings is 2. The van der Waals surface area contributed by atoms with E-state index in [2.05, 4.69) is 14.5 Å². The van der Waals surface area contributed by atoms with Gasteiger partial charge in [-0.05, 0) is 62.1 Å². The molecule has 2 saturated heterocycles. The SMILES string of the molecule is CS(=O)(=O)OC[C@@H]1C[C@H](n2c(C3CC(F)(F)C3)nc3cnc4ccc(Cl)cc4c32)CCO1.OC[C@@H]1C[C@H](n2c(C3CC(F)(F)C3)nc3cnc4ccc(Cl)cc4c32)CCO1. The Morgan fingerprint density at radius 3 is 1.63 bits per heavy atom. The summed E-state index contributed by atoms with van der Waals surface area (Å²) in [4.78, 5) is 18.4. The van der Waals surface area contributed by atoms with Crippen LogP contribution in [0.4, 0.5) is 17.6 Å². The van der Waals surface area contributed by atoms with Crippen LogP contribution in [-0.4, -0.2) is 99.3 Å². The number of fused-ring (bicyclic) bond motifs is 6. The van der Waals surface area contributed by atoms with Crippen molar-refractivity contribution >= 4 is 77.2 Å². The molecule has 60 heavy (non-hydrogen) atoms.